The Morgan fingerprint density at radius 2 is 2.04 bits per heavy atom. The van der Waals surface area contributed by atoms with Crippen molar-refractivity contribution < 1.29 is 14.2 Å². The van der Waals surface area contributed by atoms with Gasteiger partial charge in [0.25, 0.3) is 0 Å². The largest absolute Gasteiger partial charge is 0.493 e. The number of nitrogens with zero attached hydrogens (tertiary/aromatic N) is 2. The first-order valence-electron chi connectivity index (χ1n) is 7.87. The molecule has 4 rings (SSSR count). The summed E-state index contributed by atoms with van der Waals surface area (Å²) in [5.74, 6) is 2.10. The number of hydrogen-bond acceptors (Lipinski definition) is 4. The van der Waals surface area contributed by atoms with Gasteiger partial charge in [0.15, 0.2) is 11.5 Å². The van der Waals surface area contributed by atoms with Crippen LogP contribution >= 0.6 is 11.6 Å². The van der Waals surface area contributed by atoms with Crippen LogP contribution in [0.4, 0.5) is 0 Å². The predicted octanol–water partition coefficient (Wildman–Crippen LogP) is 4.16. The molecular weight excluding hydrogens is 340 g/mol. The van der Waals surface area contributed by atoms with Crippen LogP contribution in [-0.4, -0.2) is 23.8 Å². The molecule has 2 aromatic heterocycles. The average molecular weight is 357 g/mol. The smallest absolute Gasteiger partial charge is 0.166 e. The summed E-state index contributed by atoms with van der Waals surface area (Å²) in [4.78, 5) is 4.55. The third kappa shape index (κ3) is 2.65. The zero-order chi connectivity index (χ0) is 17.4. The molecule has 0 fully saturated rings. The van der Waals surface area contributed by atoms with Gasteiger partial charge in [0, 0.05) is 29.2 Å². The summed E-state index contributed by atoms with van der Waals surface area (Å²) in [6.07, 6.45) is 3.25. The van der Waals surface area contributed by atoms with Gasteiger partial charge < -0.3 is 18.8 Å². The van der Waals surface area contributed by atoms with E-state index in [0.29, 0.717) is 23.1 Å². The van der Waals surface area contributed by atoms with Crippen molar-refractivity contribution in [3.63, 3.8) is 0 Å². The Hall–Kier alpha value is -2.50. The lowest BCUT2D eigenvalue weighted by molar-refractivity contribution is 0.0659. The van der Waals surface area contributed by atoms with Crippen LogP contribution < -0.4 is 9.47 Å². The molecule has 0 saturated carbocycles. The van der Waals surface area contributed by atoms with E-state index in [1.165, 1.54) is 0 Å². The molecule has 1 aromatic carbocycles. The number of methoxy groups -OCH3 is 2. The topological polar surface area (TPSA) is 45.5 Å². The quantitative estimate of drug-likeness (QED) is 0.706. The minimum absolute atomic E-state index is 0.369. The summed E-state index contributed by atoms with van der Waals surface area (Å²) < 4.78 is 19.3. The summed E-state index contributed by atoms with van der Waals surface area (Å²) in [5.41, 5.74) is 2.78. The minimum atomic E-state index is -0.369. The molecule has 0 aliphatic carbocycles. The summed E-state index contributed by atoms with van der Waals surface area (Å²) in [6.45, 7) is 0.450. The highest BCUT2D eigenvalue weighted by molar-refractivity contribution is 6.30. The van der Waals surface area contributed by atoms with Crippen LogP contribution in [0.1, 0.15) is 22.9 Å². The first-order chi connectivity index (χ1) is 12.2. The molecule has 6 heteroatoms. The van der Waals surface area contributed by atoms with Crippen molar-refractivity contribution in [1.29, 1.82) is 0 Å². The highest BCUT2D eigenvalue weighted by atomic mass is 35.5. The summed E-state index contributed by atoms with van der Waals surface area (Å²) >= 11 is 6.23. The van der Waals surface area contributed by atoms with Gasteiger partial charge in [0.1, 0.15) is 11.9 Å². The lowest BCUT2D eigenvalue weighted by Crippen LogP contribution is -2.09. The normalized spacial score (nSPS) is 15.9. The number of ether oxygens (including phenoxy) is 3. The number of benzene rings is 1. The van der Waals surface area contributed by atoms with Crippen molar-refractivity contribution in [3.8, 4) is 17.3 Å². The van der Waals surface area contributed by atoms with E-state index in [4.69, 9.17) is 25.8 Å². The van der Waals surface area contributed by atoms with Crippen LogP contribution in [0, 0.1) is 0 Å². The second-order valence-electron chi connectivity index (χ2n) is 5.71. The first-order valence-corrected chi connectivity index (χ1v) is 8.25. The number of para-hydroxylation sites is 1. The Labute approximate surface area is 150 Å². The second-order valence-corrected chi connectivity index (χ2v) is 6.15. The van der Waals surface area contributed by atoms with Crippen molar-refractivity contribution in [2.45, 2.75) is 12.7 Å². The van der Waals surface area contributed by atoms with Crippen LogP contribution in [0.3, 0.4) is 0 Å². The van der Waals surface area contributed by atoms with Gasteiger partial charge in [-0.1, -0.05) is 23.7 Å². The molecule has 0 bridgehead atoms. The molecule has 5 nitrogen and oxygen atoms in total. The predicted molar refractivity (Wildman–Crippen MR) is 94.8 cm³/mol. The monoisotopic (exact) mass is 356 g/mol. The lowest BCUT2D eigenvalue weighted by atomic mass is 10.0. The molecule has 3 heterocycles. The number of halogens is 1. The molecule has 1 unspecified atom stereocenters. The standard InChI is InChI=1S/C19H17ClN2O3/c1-23-16-7-3-6-14(18(16)24-2)17-15-9-12(20)10-21-19(15)22-8-4-5-13(22)11-25-17/h3-10,17H,11H2,1-2H3. The van der Waals surface area contributed by atoms with Crippen molar-refractivity contribution in [3.05, 3.63) is 70.6 Å². The van der Waals surface area contributed by atoms with E-state index in [0.717, 1.165) is 22.6 Å². The lowest BCUT2D eigenvalue weighted by Gasteiger charge is -2.21. The van der Waals surface area contributed by atoms with E-state index in [-0.39, 0.29) is 6.10 Å². The highest BCUT2D eigenvalue weighted by Crippen LogP contribution is 2.42. The van der Waals surface area contributed by atoms with Gasteiger partial charge in [-0.25, -0.2) is 4.98 Å². The van der Waals surface area contributed by atoms with Crippen LogP contribution in [-0.2, 0) is 11.3 Å². The molecule has 1 aliphatic heterocycles. The third-order valence-electron chi connectivity index (χ3n) is 4.32. The van der Waals surface area contributed by atoms with Crippen molar-refractivity contribution in [2.24, 2.45) is 0 Å². The number of fused-ring (bicyclic) bond motifs is 3. The minimum Gasteiger partial charge on any atom is -0.493 e. The number of rotatable bonds is 3. The molecule has 3 aromatic rings. The molecular formula is C19H17ClN2O3. The third-order valence-corrected chi connectivity index (χ3v) is 4.53. The van der Waals surface area contributed by atoms with Gasteiger partial charge in [0.2, 0.25) is 0 Å². The van der Waals surface area contributed by atoms with Gasteiger partial charge in [0.05, 0.1) is 25.8 Å². The second kappa shape index (κ2) is 6.43. The molecule has 0 amide bonds. The fourth-order valence-corrected chi connectivity index (χ4v) is 3.38. The van der Waals surface area contributed by atoms with E-state index in [2.05, 4.69) is 4.98 Å². The molecule has 1 aliphatic rings. The van der Waals surface area contributed by atoms with Crippen molar-refractivity contribution in [2.75, 3.05) is 14.2 Å². The van der Waals surface area contributed by atoms with Gasteiger partial charge in [-0.05, 0) is 24.3 Å². The molecule has 0 spiro atoms. The molecule has 25 heavy (non-hydrogen) atoms. The van der Waals surface area contributed by atoms with Crippen molar-refractivity contribution in [1.82, 2.24) is 9.55 Å². The molecule has 0 N–H and O–H groups in total. The van der Waals surface area contributed by atoms with Crippen LogP contribution in [0.15, 0.2) is 48.8 Å². The Kier molecular flexibility index (Phi) is 4.11. The number of aromatic nitrogens is 2. The van der Waals surface area contributed by atoms with Crippen LogP contribution in [0.25, 0.3) is 5.82 Å². The van der Waals surface area contributed by atoms with Gasteiger partial charge in [-0.15, -0.1) is 0 Å². The zero-order valence-corrected chi connectivity index (χ0v) is 14.7. The summed E-state index contributed by atoms with van der Waals surface area (Å²) in [5, 5.41) is 0.560. The maximum absolute atomic E-state index is 6.24. The van der Waals surface area contributed by atoms with Crippen LogP contribution in [0.2, 0.25) is 5.02 Å². The van der Waals surface area contributed by atoms with Crippen molar-refractivity contribution >= 4 is 11.6 Å². The maximum atomic E-state index is 6.24. The van der Waals surface area contributed by atoms with E-state index >= 15 is 0 Å². The van der Waals surface area contributed by atoms with E-state index < -0.39 is 0 Å². The van der Waals surface area contributed by atoms with Gasteiger partial charge in [-0.2, -0.15) is 0 Å². The summed E-state index contributed by atoms with van der Waals surface area (Å²) in [6, 6.07) is 11.6. The van der Waals surface area contributed by atoms with E-state index in [9.17, 15) is 0 Å². The Balaban J connectivity index is 1.93. The Bertz CT molecular complexity index is 923. The fourth-order valence-electron chi connectivity index (χ4n) is 3.22. The van der Waals surface area contributed by atoms with E-state index in [1.54, 1.807) is 20.4 Å². The Morgan fingerprint density at radius 3 is 2.84 bits per heavy atom. The maximum Gasteiger partial charge on any atom is 0.166 e. The van der Waals surface area contributed by atoms with E-state index in [1.807, 2.05) is 47.2 Å². The average Bonchev–Trinajstić information content (AvgIpc) is 3.04. The zero-order valence-electron chi connectivity index (χ0n) is 13.9. The molecule has 1 atom stereocenters. The Morgan fingerprint density at radius 1 is 1.16 bits per heavy atom. The number of pyridine rings is 1. The SMILES string of the molecule is COc1cccc(C2OCc3cccn3-c3ncc(Cl)cc32)c1OC. The highest BCUT2D eigenvalue weighted by Gasteiger charge is 2.28. The molecule has 128 valence electrons. The summed E-state index contributed by atoms with van der Waals surface area (Å²) in [7, 11) is 3.24. The van der Waals surface area contributed by atoms with Gasteiger partial charge in [-0.3, -0.25) is 0 Å². The van der Waals surface area contributed by atoms with Gasteiger partial charge >= 0.3 is 0 Å². The molecule has 0 radical (unpaired) electrons. The number of hydrogen-bond donors (Lipinski definition) is 0. The molecule has 0 saturated heterocycles. The van der Waals surface area contributed by atoms with Crippen LogP contribution in [0.5, 0.6) is 11.5 Å². The first kappa shape index (κ1) is 16.0. The fraction of sp³-hybridized carbons (Fsp3) is 0.211.